The summed E-state index contributed by atoms with van der Waals surface area (Å²) in [5.41, 5.74) is 1.93. The van der Waals surface area contributed by atoms with Crippen LogP contribution in [0.25, 0.3) is 0 Å². The zero-order valence-corrected chi connectivity index (χ0v) is 11.1. The van der Waals surface area contributed by atoms with Gasteiger partial charge in [-0.3, -0.25) is 14.5 Å². The van der Waals surface area contributed by atoms with Crippen molar-refractivity contribution in [1.29, 1.82) is 0 Å². The van der Waals surface area contributed by atoms with Crippen LogP contribution in [-0.4, -0.2) is 28.4 Å². The Morgan fingerprint density at radius 1 is 1.16 bits per heavy atom. The minimum atomic E-state index is -0.808. The van der Waals surface area contributed by atoms with Crippen molar-refractivity contribution in [1.82, 2.24) is 4.90 Å². The molecule has 4 heteroatoms. The molecule has 0 radical (unpaired) electrons. The standard InChI is InChI=1S/C15H19NO3/c1-2-11-6-8-12(9-7-11)13(17)10-16-14(18)4-3-5-15(16)19/h6-9,13,17H,2-5,10H2,1H3. The lowest BCUT2D eigenvalue weighted by molar-refractivity contribution is -0.149. The number of aliphatic hydroxyl groups is 1. The number of imide groups is 1. The fourth-order valence-electron chi connectivity index (χ4n) is 2.26. The molecule has 1 N–H and O–H groups in total. The van der Waals surface area contributed by atoms with E-state index in [1.807, 2.05) is 24.3 Å². The molecule has 4 nitrogen and oxygen atoms in total. The lowest BCUT2D eigenvalue weighted by Gasteiger charge is -2.27. The third-order valence-electron chi connectivity index (χ3n) is 3.51. The van der Waals surface area contributed by atoms with Gasteiger partial charge >= 0.3 is 0 Å². The van der Waals surface area contributed by atoms with Crippen LogP contribution >= 0.6 is 0 Å². The van der Waals surface area contributed by atoms with Gasteiger partial charge in [-0.2, -0.15) is 0 Å². The third-order valence-corrected chi connectivity index (χ3v) is 3.51. The summed E-state index contributed by atoms with van der Waals surface area (Å²) in [6.07, 6.45) is 1.55. The molecule has 1 aliphatic heterocycles. The molecule has 0 aromatic heterocycles. The maximum Gasteiger partial charge on any atom is 0.229 e. The Morgan fingerprint density at radius 3 is 2.26 bits per heavy atom. The molecule has 0 saturated carbocycles. The number of carbonyl (C=O) groups is 2. The molecule has 1 aromatic carbocycles. The summed E-state index contributed by atoms with van der Waals surface area (Å²) in [5.74, 6) is -0.360. The molecular formula is C15H19NO3. The molecule has 2 rings (SSSR count). The first kappa shape index (κ1) is 13.7. The Hall–Kier alpha value is -1.68. The lowest BCUT2D eigenvalue weighted by atomic mass is 10.0. The van der Waals surface area contributed by atoms with Gasteiger partial charge < -0.3 is 5.11 Å². The molecular weight excluding hydrogens is 242 g/mol. The van der Waals surface area contributed by atoms with Crippen molar-refractivity contribution < 1.29 is 14.7 Å². The number of aliphatic hydroxyl groups excluding tert-OH is 1. The lowest BCUT2D eigenvalue weighted by Crippen LogP contribution is -2.42. The van der Waals surface area contributed by atoms with E-state index in [1.54, 1.807) is 0 Å². The Bertz CT molecular complexity index is 451. The maximum atomic E-state index is 11.7. The topological polar surface area (TPSA) is 57.6 Å². The Balaban J connectivity index is 2.04. The van der Waals surface area contributed by atoms with Crippen LogP contribution < -0.4 is 0 Å². The predicted octanol–water partition coefficient (Wildman–Crippen LogP) is 1.82. The second kappa shape index (κ2) is 5.97. The highest BCUT2D eigenvalue weighted by Gasteiger charge is 2.27. The van der Waals surface area contributed by atoms with Gasteiger partial charge in [0.2, 0.25) is 11.8 Å². The van der Waals surface area contributed by atoms with Gasteiger partial charge in [0, 0.05) is 12.8 Å². The molecule has 0 aliphatic carbocycles. The summed E-state index contributed by atoms with van der Waals surface area (Å²) in [6, 6.07) is 7.61. The van der Waals surface area contributed by atoms with Crippen LogP contribution in [0.4, 0.5) is 0 Å². The number of hydrogen-bond donors (Lipinski definition) is 1. The van der Waals surface area contributed by atoms with Crippen LogP contribution in [0.1, 0.15) is 43.4 Å². The number of aryl methyl sites for hydroxylation is 1. The number of likely N-dealkylation sites (tertiary alicyclic amines) is 1. The highest BCUT2D eigenvalue weighted by molar-refractivity contribution is 5.97. The molecule has 1 aromatic rings. The SMILES string of the molecule is CCc1ccc(C(O)CN2C(=O)CCCC2=O)cc1. The first-order valence-corrected chi connectivity index (χ1v) is 6.72. The number of β-amino-alcohol motifs (C(OH)–C–C–N with tert-alkyl or cyclic N) is 1. The highest BCUT2D eigenvalue weighted by atomic mass is 16.3. The molecule has 1 unspecified atom stereocenters. The van der Waals surface area contributed by atoms with E-state index in [9.17, 15) is 14.7 Å². The summed E-state index contributed by atoms with van der Waals surface area (Å²) in [4.78, 5) is 24.5. The van der Waals surface area contributed by atoms with Crippen LogP contribution in [0.3, 0.4) is 0 Å². The number of piperidine rings is 1. The van der Waals surface area contributed by atoms with E-state index < -0.39 is 6.10 Å². The minimum absolute atomic E-state index is 0.0587. The zero-order chi connectivity index (χ0) is 13.8. The number of benzene rings is 1. The molecule has 102 valence electrons. The fourth-order valence-corrected chi connectivity index (χ4v) is 2.26. The molecule has 1 fully saturated rings. The van der Waals surface area contributed by atoms with Gasteiger partial charge in [0.25, 0.3) is 0 Å². The second-order valence-corrected chi connectivity index (χ2v) is 4.86. The van der Waals surface area contributed by atoms with Gasteiger partial charge in [-0.15, -0.1) is 0 Å². The number of rotatable bonds is 4. The van der Waals surface area contributed by atoms with Gasteiger partial charge in [0.1, 0.15) is 0 Å². The van der Waals surface area contributed by atoms with Crippen molar-refractivity contribution >= 4 is 11.8 Å². The Kier molecular flexibility index (Phi) is 4.32. The van der Waals surface area contributed by atoms with E-state index in [0.29, 0.717) is 19.3 Å². The fraction of sp³-hybridized carbons (Fsp3) is 0.467. The predicted molar refractivity (Wildman–Crippen MR) is 71.4 cm³/mol. The van der Waals surface area contributed by atoms with Crippen molar-refractivity contribution in [3.63, 3.8) is 0 Å². The number of carbonyl (C=O) groups excluding carboxylic acids is 2. The molecule has 1 saturated heterocycles. The molecule has 0 spiro atoms. The number of hydrogen-bond acceptors (Lipinski definition) is 3. The molecule has 1 aliphatic rings. The van der Waals surface area contributed by atoms with E-state index in [0.717, 1.165) is 12.0 Å². The van der Waals surface area contributed by atoms with Gasteiger partial charge in [-0.05, 0) is 24.0 Å². The van der Waals surface area contributed by atoms with Crippen molar-refractivity contribution in [3.05, 3.63) is 35.4 Å². The molecule has 1 heterocycles. The highest BCUT2D eigenvalue weighted by Crippen LogP contribution is 2.19. The van der Waals surface area contributed by atoms with Crippen molar-refractivity contribution in [2.45, 2.75) is 38.7 Å². The number of nitrogens with zero attached hydrogens (tertiary/aromatic N) is 1. The van der Waals surface area contributed by atoms with E-state index in [-0.39, 0.29) is 18.4 Å². The maximum absolute atomic E-state index is 11.7. The van der Waals surface area contributed by atoms with Crippen LogP contribution in [-0.2, 0) is 16.0 Å². The normalized spacial score (nSPS) is 17.7. The van der Waals surface area contributed by atoms with Crippen molar-refractivity contribution in [2.24, 2.45) is 0 Å². The average Bonchev–Trinajstić information content (AvgIpc) is 2.43. The second-order valence-electron chi connectivity index (χ2n) is 4.86. The minimum Gasteiger partial charge on any atom is -0.387 e. The quantitative estimate of drug-likeness (QED) is 0.841. The summed E-state index contributed by atoms with van der Waals surface area (Å²) < 4.78 is 0. The average molecular weight is 261 g/mol. The van der Waals surface area contributed by atoms with Gasteiger partial charge in [0.05, 0.1) is 12.6 Å². The zero-order valence-electron chi connectivity index (χ0n) is 11.1. The van der Waals surface area contributed by atoms with Gasteiger partial charge in [0.15, 0.2) is 0 Å². The number of amides is 2. The van der Waals surface area contributed by atoms with Crippen molar-refractivity contribution in [2.75, 3.05) is 6.54 Å². The first-order chi connectivity index (χ1) is 9.11. The van der Waals surface area contributed by atoms with E-state index >= 15 is 0 Å². The first-order valence-electron chi connectivity index (χ1n) is 6.72. The van der Waals surface area contributed by atoms with Crippen LogP contribution in [0.2, 0.25) is 0 Å². The van der Waals surface area contributed by atoms with Crippen molar-refractivity contribution in [3.8, 4) is 0 Å². The molecule has 0 bridgehead atoms. The molecule has 19 heavy (non-hydrogen) atoms. The summed E-state index contributed by atoms with van der Waals surface area (Å²) in [6.45, 7) is 2.12. The van der Waals surface area contributed by atoms with Gasteiger partial charge in [-0.25, -0.2) is 0 Å². The van der Waals surface area contributed by atoms with E-state index in [2.05, 4.69) is 6.92 Å². The summed E-state index contributed by atoms with van der Waals surface area (Å²) in [7, 11) is 0. The Labute approximate surface area is 113 Å². The Morgan fingerprint density at radius 2 is 1.74 bits per heavy atom. The smallest absolute Gasteiger partial charge is 0.229 e. The largest absolute Gasteiger partial charge is 0.387 e. The monoisotopic (exact) mass is 261 g/mol. The summed E-state index contributed by atoms with van der Waals surface area (Å²) in [5, 5.41) is 10.1. The third kappa shape index (κ3) is 3.20. The molecule has 2 amide bonds. The van der Waals surface area contributed by atoms with Crippen LogP contribution in [0, 0.1) is 0 Å². The van der Waals surface area contributed by atoms with E-state index in [1.165, 1.54) is 10.5 Å². The summed E-state index contributed by atoms with van der Waals surface area (Å²) >= 11 is 0. The molecule has 1 atom stereocenters. The van der Waals surface area contributed by atoms with Gasteiger partial charge in [-0.1, -0.05) is 31.2 Å². The van der Waals surface area contributed by atoms with Crippen LogP contribution in [0.5, 0.6) is 0 Å². The van der Waals surface area contributed by atoms with Crippen LogP contribution in [0.15, 0.2) is 24.3 Å². The van der Waals surface area contributed by atoms with E-state index in [4.69, 9.17) is 0 Å².